The first-order valence-corrected chi connectivity index (χ1v) is 7.05. The van der Waals surface area contributed by atoms with Gasteiger partial charge in [0.15, 0.2) is 6.61 Å². The molecule has 0 aliphatic heterocycles. The highest BCUT2D eigenvalue weighted by atomic mass is 35.5. The minimum absolute atomic E-state index is 0.0488. The maximum Gasteiger partial charge on any atom is 0.201 e. The second-order valence-corrected chi connectivity index (χ2v) is 5.18. The summed E-state index contributed by atoms with van der Waals surface area (Å²) in [6.07, 6.45) is 0.972. The lowest BCUT2D eigenvalue weighted by Crippen LogP contribution is -2.12. The molecule has 0 radical (unpaired) electrons. The molecule has 0 saturated carbocycles. The van der Waals surface area contributed by atoms with Gasteiger partial charge in [-0.1, -0.05) is 42.3 Å². The van der Waals surface area contributed by atoms with E-state index < -0.39 is 0 Å². The van der Waals surface area contributed by atoms with Crippen LogP contribution in [0.4, 0.5) is 0 Å². The number of carbonyl (C=O) groups is 1. The Hall–Kier alpha value is -1.51. The van der Waals surface area contributed by atoms with Crippen LogP contribution < -0.4 is 4.74 Å². The predicted octanol–water partition coefficient (Wildman–Crippen LogP) is 4.82. The van der Waals surface area contributed by atoms with Crippen molar-refractivity contribution < 1.29 is 9.53 Å². The Bertz CT molecular complexity index is 606. The maximum atomic E-state index is 12.0. The van der Waals surface area contributed by atoms with Gasteiger partial charge < -0.3 is 4.74 Å². The van der Waals surface area contributed by atoms with Crippen LogP contribution in [0.1, 0.15) is 22.8 Å². The number of benzene rings is 2. The number of Topliss-reactive ketones (excluding diaryl/α,β-unsaturated/α-hetero) is 1. The van der Waals surface area contributed by atoms with E-state index in [2.05, 4.69) is 6.92 Å². The Labute approximate surface area is 128 Å². The average molecular weight is 309 g/mol. The van der Waals surface area contributed by atoms with Gasteiger partial charge in [0.05, 0.1) is 5.02 Å². The summed E-state index contributed by atoms with van der Waals surface area (Å²) in [6, 6.07) is 12.5. The number of ketones is 1. The molecule has 0 spiro atoms. The van der Waals surface area contributed by atoms with Crippen molar-refractivity contribution in [3.8, 4) is 5.75 Å². The number of carbonyl (C=O) groups excluding carboxylic acids is 1. The van der Waals surface area contributed by atoms with Crippen molar-refractivity contribution in [3.05, 3.63) is 63.6 Å². The zero-order valence-corrected chi connectivity index (χ0v) is 12.5. The molecule has 2 aromatic rings. The molecule has 0 atom stereocenters. The molecule has 0 N–H and O–H groups in total. The highest BCUT2D eigenvalue weighted by molar-refractivity contribution is 6.36. The predicted molar refractivity (Wildman–Crippen MR) is 82.1 cm³/mol. The van der Waals surface area contributed by atoms with Crippen molar-refractivity contribution in [3.63, 3.8) is 0 Å². The molecule has 0 heterocycles. The molecule has 20 heavy (non-hydrogen) atoms. The lowest BCUT2D eigenvalue weighted by atomic mass is 10.1. The van der Waals surface area contributed by atoms with Crippen LogP contribution in [0.3, 0.4) is 0 Å². The van der Waals surface area contributed by atoms with E-state index in [1.807, 2.05) is 24.3 Å². The van der Waals surface area contributed by atoms with Crippen LogP contribution in [0.5, 0.6) is 5.75 Å². The third kappa shape index (κ3) is 3.75. The molecule has 0 saturated heterocycles. The summed E-state index contributed by atoms with van der Waals surface area (Å²) in [6.45, 7) is 2.04. The monoisotopic (exact) mass is 308 g/mol. The van der Waals surface area contributed by atoms with Crippen LogP contribution in [-0.4, -0.2) is 12.4 Å². The van der Waals surface area contributed by atoms with Gasteiger partial charge in [0, 0.05) is 10.6 Å². The normalized spacial score (nSPS) is 10.3. The minimum Gasteiger partial charge on any atom is -0.485 e. The second kappa shape index (κ2) is 6.78. The number of ether oxygens (including phenoxy) is 1. The van der Waals surface area contributed by atoms with E-state index in [1.165, 1.54) is 5.56 Å². The molecule has 0 aliphatic rings. The van der Waals surface area contributed by atoms with E-state index in [-0.39, 0.29) is 12.4 Å². The Kier molecular flexibility index (Phi) is 5.05. The van der Waals surface area contributed by atoms with E-state index in [0.717, 1.165) is 6.42 Å². The summed E-state index contributed by atoms with van der Waals surface area (Å²) >= 11 is 11.8. The second-order valence-electron chi connectivity index (χ2n) is 4.33. The third-order valence-electron chi connectivity index (χ3n) is 2.93. The molecular formula is C16H14Cl2O2. The van der Waals surface area contributed by atoms with Crippen LogP contribution in [0.25, 0.3) is 0 Å². The summed E-state index contributed by atoms with van der Waals surface area (Å²) < 4.78 is 5.47. The van der Waals surface area contributed by atoms with Gasteiger partial charge in [-0.25, -0.2) is 0 Å². The van der Waals surface area contributed by atoms with Crippen molar-refractivity contribution in [1.82, 2.24) is 0 Å². The van der Waals surface area contributed by atoms with E-state index in [1.54, 1.807) is 18.2 Å². The molecule has 2 aromatic carbocycles. The number of hydrogen-bond acceptors (Lipinski definition) is 2. The minimum atomic E-state index is -0.175. The SMILES string of the molecule is CCc1ccc(OCC(=O)c2ccc(Cl)cc2Cl)cc1. The standard InChI is InChI=1S/C16H14Cl2O2/c1-2-11-3-6-13(7-4-11)20-10-16(19)14-8-5-12(17)9-15(14)18/h3-9H,2,10H2,1H3. The van der Waals surface area contributed by atoms with Crippen molar-refractivity contribution in [2.45, 2.75) is 13.3 Å². The molecule has 0 amide bonds. The molecule has 4 heteroatoms. The van der Waals surface area contributed by atoms with Crippen molar-refractivity contribution in [2.24, 2.45) is 0 Å². The Morgan fingerprint density at radius 3 is 2.40 bits per heavy atom. The molecule has 2 nitrogen and oxygen atoms in total. The van der Waals surface area contributed by atoms with Crippen LogP contribution in [-0.2, 0) is 6.42 Å². The van der Waals surface area contributed by atoms with Gasteiger partial charge in [-0.3, -0.25) is 4.79 Å². The topological polar surface area (TPSA) is 26.3 Å². The van der Waals surface area contributed by atoms with Gasteiger partial charge >= 0.3 is 0 Å². The van der Waals surface area contributed by atoms with Crippen LogP contribution in [0, 0.1) is 0 Å². The van der Waals surface area contributed by atoms with Crippen molar-refractivity contribution >= 4 is 29.0 Å². The first kappa shape index (κ1) is 14.9. The Morgan fingerprint density at radius 1 is 1.10 bits per heavy atom. The van der Waals surface area contributed by atoms with E-state index >= 15 is 0 Å². The summed E-state index contributed by atoms with van der Waals surface area (Å²) in [5.74, 6) is 0.492. The van der Waals surface area contributed by atoms with Crippen LogP contribution >= 0.6 is 23.2 Å². The number of halogens is 2. The van der Waals surface area contributed by atoms with Crippen molar-refractivity contribution in [1.29, 1.82) is 0 Å². The molecular weight excluding hydrogens is 295 g/mol. The molecule has 0 aliphatic carbocycles. The largest absolute Gasteiger partial charge is 0.485 e. The fourth-order valence-corrected chi connectivity index (χ4v) is 2.28. The summed E-state index contributed by atoms with van der Waals surface area (Å²) in [7, 11) is 0. The third-order valence-corrected chi connectivity index (χ3v) is 3.48. The van der Waals surface area contributed by atoms with Gasteiger partial charge in [0.1, 0.15) is 5.75 Å². The number of rotatable bonds is 5. The van der Waals surface area contributed by atoms with E-state index in [0.29, 0.717) is 21.4 Å². The lowest BCUT2D eigenvalue weighted by molar-refractivity contribution is 0.0921. The summed E-state index contributed by atoms with van der Waals surface area (Å²) in [5, 5.41) is 0.843. The highest BCUT2D eigenvalue weighted by Crippen LogP contribution is 2.22. The molecule has 0 bridgehead atoms. The molecule has 2 rings (SSSR count). The summed E-state index contributed by atoms with van der Waals surface area (Å²) in [5.41, 5.74) is 1.64. The van der Waals surface area contributed by atoms with Crippen LogP contribution in [0.2, 0.25) is 10.0 Å². The number of hydrogen-bond donors (Lipinski definition) is 0. The first-order valence-electron chi connectivity index (χ1n) is 6.30. The first-order chi connectivity index (χ1) is 9.60. The number of aryl methyl sites for hydroxylation is 1. The van der Waals surface area contributed by atoms with Gasteiger partial charge in [-0.15, -0.1) is 0 Å². The van der Waals surface area contributed by atoms with Crippen molar-refractivity contribution in [2.75, 3.05) is 6.61 Å². The lowest BCUT2D eigenvalue weighted by Gasteiger charge is -2.07. The van der Waals surface area contributed by atoms with Gasteiger partial charge in [-0.05, 0) is 42.3 Å². The van der Waals surface area contributed by atoms with E-state index in [4.69, 9.17) is 27.9 Å². The smallest absolute Gasteiger partial charge is 0.201 e. The average Bonchev–Trinajstić information content (AvgIpc) is 2.45. The molecule has 0 aromatic heterocycles. The van der Waals surface area contributed by atoms with Gasteiger partial charge in [0.2, 0.25) is 5.78 Å². The zero-order chi connectivity index (χ0) is 14.5. The Balaban J connectivity index is 2.00. The molecule has 104 valence electrons. The molecule has 0 unspecified atom stereocenters. The van der Waals surface area contributed by atoms with Gasteiger partial charge in [-0.2, -0.15) is 0 Å². The fourth-order valence-electron chi connectivity index (χ4n) is 1.76. The van der Waals surface area contributed by atoms with E-state index in [9.17, 15) is 4.79 Å². The highest BCUT2D eigenvalue weighted by Gasteiger charge is 2.11. The Morgan fingerprint density at radius 2 is 1.80 bits per heavy atom. The van der Waals surface area contributed by atoms with Crippen LogP contribution in [0.15, 0.2) is 42.5 Å². The maximum absolute atomic E-state index is 12.0. The zero-order valence-electron chi connectivity index (χ0n) is 11.0. The summed E-state index contributed by atoms with van der Waals surface area (Å²) in [4.78, 5) is 12.0. The van der Waals surface area contributed by atoms with Gasteiger partial charge in [0.25, 0.3) is 0 Å². The molecule has 0 fully saturated rings. The fraction of sp³-hybridized carbons (Fsp3) is 0.188. The quantitative estimate of drug-likeness (QED) is 0.740.